The van der Waals surface area contributed by atoms with Crippen LogP contribution in [-0.4, -0.2) is 37.3 Å². The van der Waals surface area contributed by atoms with Crippen molar-refractivity contribution in [3.05, 3.63) is 32.8 Å². The summed E-state index contributed by atoms with van der Waals surface area (Å²) in [6.45, 7) is 1.07. The van der Waals surface area contributed by atoms with Gasteiger partial charge >= 0.3 is 0 Å². The summed E-state index contributed by atoms with van der Waals surface area (Å²) in [4.78, 5) is 10.1. The quantitative estimate of drug-likeness (QED) is 0.612. The molecule has 1 aromatic carbocycles. The minimum absolute atomic E-state index is 0. The van der Waals surface area contributed by atoms with Gasteiger partial charge < -0.3 is 5.73 Å². The van der Waals surface area contributed by atoms with E-state index in [4.69, 9.17) is 5.73 Å². The van der Waals surface area contributed by atoms with Crippen molar-refractivity contribution in [3.8, 4) is 0 Å². The van der Waals surface area contributed by atoms with Gasteiger partial charge in [-0.3, -0.25) is 10.1 Å². The molecule has 0 aromatic heterocycles. The zero-order chi connectivity index (χ0) is 14.9. The number of sulfonamides is 1. The summed E-state index contributed by atoms with van der Waals surface area (Å²) in [5.41, 5.74) is 5.12. The molecule has 1 saturated heterocycles. The van der Waals surface area contributed by atoms with Crippen LogP contribution in [0.15, 0.2) is 27.6 Å². The smallest absolute Gasteiger partial charge is 0.290 e. The lowest BCUT2D eigenvalue weighted by Crippen LogP contribution is -2.30. The standard InChI is InChI=1S/C11H14BrN3O4S.ClH/c12-9-1-2-11(10(5-9)15(16)17)20(18,19)14-4-3-8(6-13)7-14;/h1-2,5,8H,3-4,6-7,13H2;1H. The molecule has 1 fully saturated rings. The molecule has 10 heteroatoms. The summed E-state index contributed by atoms with van der Waals surface area (Å²) in [7, 11) is -3.86. The first-order valence-electron chi connectivity index (χ1n) is 6.00. The van der Waals surface area contributed by atoms with Crippen molar-refractivity contribution in [1.82, 2.24) is 4.31 Å². The van der Waals surface area contributed by atoms with Crippen molar-refractivity contribution < 1.29 is 13.3 Å². The van der Waals surface area contributed by atoms with Crippen LogP contribution >= 0.6 is 28.3 Å². The van der Waals surface area contributed by atoms with E-state index in [1.54, 1.807) is 0 Å². The Morgan fingerprint density at radius 1 is 1.48 bits per heavy atom. The highest BCUT2D eigenvalue weighted by Gasteiger charge is 2.36. The fourth-order valence-electron chi connectivity index (χ4n) is 2.20. The number of benzene rings is 1. The van der Waals surface area contributed by atoms with E-state index in [2.05, 4.69) is 15.9 Å². The molecule has 21 heavy (non-hydrogen) atoms. The van der Waals surface area contributed by atoms with Crippen LogP contribution in [0, 0.1) is 16.0 Å². The predicted octanol–water partition coefficient (Wildman–Crippen LogP) is 1.75. The van der Waals surface area contributed by atoms with Crippen LogP contribution in [0.2, 0.25) is 0 Å². The minimum atomic E-state index is -3.86. The Balaban J connectivity index is 0.00000220. The van der Waals surface area contributed by atoms with Crippen LogP contribution in [0.5, 0.6) is 0 Å². The lowest BCUT2D eigenvalue weighted by molar-refractivity contribution is -0.387. The first-order valence-corrected chi connectivity index (χ1v) is 8.23. The number of nitro benzene ring substituents is 1. The maximum atomic E-state index is 12.5. The average Bonchev–Trinajstić information content (AvgIpc) is 2.87. The normalized spacial score (nSPS) is 19.2. The first kappa shape index (κ1) is 18.3. The van der Waals surface area contributed by atoms with Gasteiger partial charge in [0.05, 0.1) is 4.92 Å². The summed E-state index contributed by atoms with van der Waals surface area (Å²) in [6.07, 6.45) is 0.681. The van der Waals surface area contributed by atoms with Gasteiger partial charge in [-0.2, -0.15) is 4.31 Å². The van der Waals surface area contributed by atoms with E-state index >= 15 is 0 Å². The van der Waals surface area contributed by atoms with Crippen molar-refractivity contribution in [3.63, 3.8) is 0 Å². The van der Waals surface area contributed by atoms with E-state index in [-0.39, 0.29) is 23.2 Å². The van der Waals surface area contributed by atoms with Gasteiger partial charge in [0, 0.05) is 23.6 Å². The monoisotopic (exact) mass is 399 g/mol. The lowest BCUT2D eigenvalue weighted by atomic mass is 10.1. The van der Waals surface area contributed by atoms with Gasteiger partial charge in [0.2, 0.25) is 10.0 Å². The second kappa shape index (κ2) is 7.01. The number of nitrogens with zero attached hydrogens (tertiary/aromatic N) is 2. The molecule has 0 radical (unpaired) electrons. The molecule has 7 nitrogen and oxygen atoms in total. The van der Waals surface area contributed by atoms with Gasteiger partial charge in [-0.25, -0.2) is 8.42 Å². The maximum absolute atomic E-state index is 12.5. The highest BCUT2D eigenvalue weighted by Crippen LogP contribution is 2.31. The molecule has 1 unspecified atom stereocenters. The topological polar surface area (TPSA) is 107 Å². The molecule has 0 spiro atoms. The molecule has 0 aliphatic carbocycles. The summed E-state index contributed by atoms with van der Waals surface area (Å²) in [5.74, 6) is 0.110. The van der Waals surface area contributed by atoms with E-state index < -0.39 is 20.6 Å². The molecule has 0 amide bonds. The second-order valence-corrected chi connectivity index (χ2v) is 7.44. The third-order valence-corrected chi connectivity index (χ3v) is 5.72. The SMILES string of the molecule is Cl.NCC1CCN(S(=O)(=O)c2ccc(Br)cc2[N+](=O)[O-])C1. The Morgan fingerprint density at radius 2 is 2.14 bits per heavy atom. The van der Waals surface area contributed by atoms with Crippen LogP contribution < -0.4 is 5.73 Å². The van der Waals surface area contributed by atoms with Crippen LogP contribution in [0.4, 0.5) is 5.69 Å². The molecular weight excluding hydrogens is 386 g/mol. The van der Waals surface area contributed by atoms with E-state index in [1.807, 2.05) is 0 Å². The minimum Gasteiger partial charge on any atom is -0.330 e. The molecule has 0 bridgehead atoms. The third kappa shape index (κ3) is 3.72. The summed E-state index contributed by atoms with van der Waals surface area (Å²) in [5, 5.41) is 11.0. The van der Waals surface area contributed by atoms with Crippen LogP contribution in [0.25, 0.3) is 0 Å². The molecule has 1 aromatic rings. The van der Waals surface area contributed by atoms with Crippen LogP contribution in [0.1, 0.15) is 6.42 Å². The molecule has 1 atom stereocenters. The lowest BCUT2D eigenvalue weighted by Gasteiger charge is -2.16. The Morgan fingerprint density at radius 3 is 2.67 bits per heavy atom. The Kier molecular flexibility index (Phi) is 6.11. The second-order valence-electron chi connectivity index (χ2n) is 4.62. The highest BCUT2D eigenvalue weighted by atomic mass is 79.9. The Hall–Kier alpha value is -0.740. The van der Waals surface area contributed by atoms with Gasteiger partial charge in [-0.05, 0) is 31.0 Å². The maximum Gasteiger partial charge on any atom is 0.290 e. The number of nitrogens with two attached hydrogens (primary N) is 1. The third-order valence-electron chi connectivity index (χ3n) is 3.32. The zero-order valence-electron chi connectivity index (χ0n) is 10.9. The van der Waals surface area contributed by atoms with Crippen molar-refractivity contribution in [2.24, 2.45) is 11.7 Å². The number of rotatable bonds is 4. The zero-order valence-corrected chi connectivity index (χ0v) is 14.2. The summed E-state index contributed by atoms with van der Waals surface area (Å²) in [6, 6.07) is 3.94. The van der Waals surface area contributed by atoms with Crippen LogP contribution in [-0.2, 0) is 10.0 Å². The van der Waals surface area contributed by atoms with Gasteiger partial charge in [0.25, 0.3) is 5.69 Å². The molecule has 118 valence electrons. The Bertz CT molecular complexity index is 640. The van der Waals surface area contributed by atoms with E-state index in [1.165, 1.54) is 22.5 Å². The van der Waals surface area contributed by atoms with E-state index in [0.29, 0.717) is 30.5 Å². The van der Waals surface area contributed by atoms with Gasteiger partial charge in [0.15, 0.2) is 4.90 Å². The first-order chi connectivity index (χ1) is 9.36. The Labute approximate surface area is 137 Å². The van der Waals surface area contributed by atoms with E-state index in [0.717, 1.165) is 0 Å². The molecule has 0 saturated carbocycles. The van der Waals surface area contributed by atoms with Gasteiger partial charge in [-0.15, -0.1) is 12.4 Å². The number of nitro groups is 1. The fraction of sp³-hybridized carbons (Fsp3) is 0.455. The van der Waals surface area contributed by atoms with Gasteiger partial charge in [-0.1, -0.05) is 15.9 Å². The molecule has 2 N–H and O–H groups in total. The van der Waals surface area contributed by atoms with Crippen molar-refractivity contribution in [1.29, 1.82) is 0 Å². The highest BCUT2D eigenvalue weighted by molar-refractivity contribution is 9.10. The number of hydrogen-bond acceptors (Lipinski definition) is 5. The fourth-order valence-corrected chi connectivity index (χ4v) is 4.22. The molecule has 1 heterocycles. The van der Waals surface area contributed by atoms with E-state index in [9.17, 15) is 18.5 Å². The van der Waals surface area contributed by atoms with Crippen molar-refractivity contribution in [2.75, 3.05) is 19.6 Å². The molecule has 2 rings (SSSR count). The summed E-state index contributed by atoms with van der Waals surface area (Å²) < 4.78 is 26.7. The summed E-state index contributed by atoms with van der Waals surface area (Å²) >= 11 is 3.11. The number of hydrogen-bond donors (Lipinski definition) is 1. The molecule has 1 aliphatic heterocycles. The van der Waals surface area contributed by atoms with Crippen molar-refractivity contribution >= 4 is 44.0 Å². The van der Waals surface area contributed by atoms with Gasteiger partial charge in [0.1, 0.15) is 0 Å². The number of halogens is 2. The van der Waals surface area contributed by atoms with Crippen LogP contribution in [0.3, 0.4) is 0 Å². The molecule has 1 aliphatic rings. The molecular formula is C11H15BrClN3O4S. The largest absolute Gasteiger partial charge is 0.330 e. The van der Waals surface area contributed by atoms with Crippen molar-refractivity contribution in [2.45, 2.75) is 11.3 Å². The predicted molar refractivity (Wildman–Crippen MR) is 84.0 cm³/mol. The average molecular weight is 401 g/mol.